The van der Waals surface area contributed by atoms with Crippen LogP contribution in [0.25, 0.3) is 0 Å². The lowest BCUT2D eigenvalue weighted by molar-refractivity contribution is 0.102. The lowest BCUT2D eigenvalue weighted by Gasteiger charge is -2.32. The number of aliphatic hydroxyl groups excluding tert-OH is 1. The largest absolute Gasteiger partial charge is 0.393 e. The number of aromatic nitrogens is 1. The van der Waals surface area contributed by atoms with E-state index in [1.165, 1.54) is 0 Å². The van der Waals surface area contributed by atoms with Gasteiger partial charge in [0.1, 0.15) is 11.9 Å². The first kappa shape index (κ1) is 20.1. The fourth-order valence-electron chi connectivity index (χ4n) is 3.79. The van der Waals surface area contributed by atoms with E-state index in [4.69, 9.17) is 4.74 Å². The van der Waals surface area contributed by atoms with Gasteiger partial charge in [-0.3, -0.25) is 4.79 Å². The molecule has 2 aliphatic heterocycles. The molecule has 8 nitrogen and oxygen atoms in total. The van der Waals surface area contributed by atoms with Crippen molar-refractivity contribution in [2.24, 2.45) is 0 Å². The highest BCUT2D eigenvalue weighted by molar-refractivity contribution is 6.04. The molecule has 8 heteroatoms. The summed E-state index contributed by atoms with van der Waals surface area (Å²) in [6.45, 7) is 4.36. The second-order valence-corrected chi connectivity index (χ2v) is 7.52. The number of carbonyl (C=O) groups excluding carboxylic acids is 1. The van der Waals surface area contributed by atoms with Crippen LogP contribution in [0.2, 0.25) is 0 Å². The Morgan fingerprint density at radius 3 is 2.57 bits per heavy atom. The number of morpholine rings is 1. The monoisotopic (exact) mass is 407 g/mol. The lowest BCUT2D eigenvalue weighted by Crippen LogP contribution is -2.36. The highest BCUT2D eigenvalue weighted by atomic mass is 16.5. The summed E-state index contributed by atoms with van der Waals surface area (Å²) in [4.78, 5) is 21.3. The van der Waals surface area contributed by atoms with E-state index in [0.717, 1.165) is 24.6 Å². The Morgan fingerprint density at radius 1 is 1.13 bits per heavy atom. The number of anilines is 3. The summed E-state index contributed by atoms with van der Waals surface area (Å²) < 4.78 is 5.35. The van der Waals surface area contributed by atoms with E-state index in [1.807, 2.05) is 12.1 Å². The molecular weight excluding hydrogens is 382 g/mol. The maximum absolute atomic E-state index is 12.6. The van der Waals surface area contributed by atoms with Crippen LogP contribution in [-0.2, 0) is 4.74 Å². The number of piperidine rings is 1. The third-order valence-corrected chi connectivity index (χ3v) is 5.53. The molecule has 2 saturated heterocycles. The van der Waals surface area contributed by atoms with Gasteiger partial charge < -0.3 is 25.0 Å². The van der Waals surface area contributed by atoms with Gasteiger partial charge in [-0.25, -0.2) is 4.98 Å². The molecule has 0 atom stereocenters. The Morgan fingerprint density at radius 2 is 1.90 bits per heavy atom. The molecule has 1 aromatic heterocycles. The van der Waals surface area contributed by atoms with Crippen molar-refractivity contribution in [2.45, 2.75) is 18.9 Å². The summed E-state index contributed by atoms with van der Waals surface area (Å²) in [5, 5.41) is 22.1. The van der Waals surface area contributed by atoms with E-state index in [9.17, 15) is 15.2 Å². The van der Waals surface area contributed by atoms with Crippen molar-refractivity contribution in [1.29, 1.82) is 5.26 Å². The van der Waals surface area contributed by atoms with Crippen LogP contribution in [0.4, 0.5) is 17.2 Å². The number of hydrogen-bond acceptors (Lipinski definition) is 7. The molecule has 4 rings (SSSR count). The van der Waals surface area contributed by atoms with Crippen LogP contribution >= 0.6 is 0 Å². The molecule has 3 heterocycles. The van der Waals surface area contributed by atoms with E-state index in [-0.39, 0.29) is 12.0 Å². The van der Waals surface area contributed by atoms with E-state index in [1.54, 1.807) is 24.4 Å². The number of aliphatic hydroxyl groups is 1. The molecule has 0 unspecified atom stereocenters. The van der Waals surface area contributed by atoms with Gasteiger partial charge in [0, 0.05) is 38.1 Å². The lowest BCUT2D eigenvalue weighted by atomic mass is 10.0. The van der Waals surface area contributed by atoms with E-state index >= 15 is 0 Å². The number of pyridine rings is 1. The average Bonchev–Trinajstić information content (AvgIpc) is 2.80. The third-order valence-electron chi connectivity index (χ3n) is 5.53. The van der Waals surface area contributed by atoms with Gasteiger partial charge in [0.2, 0.25) is 0 Å². The normalized spacial score (nSPS) is 17.5. The molecule has 2 N–H and O–H groups in total. The molecule has 0 bridgehead atoms. The van der Waals surface area contributed by atoms with Gasteiger partial charge in [0.15, 0.2) is 0 Å². The number of hydrogen-bond donors (Lipinski definition) is 2. The number of nitrogens with zero attached hydrogens (tertiary/aromatic N) is 4. The second-order valence-electron chi connectivity index (χ2n) is 7.52. The van der Waals surface area contributed by atoms with Gasteiger partial charge in [-0.1, -0.05) is 0 Å². The number of carbonyl (C=O) groups is 1. The zero-order valence-electron chi connectivity index (χ0n) is 16.8. The molecule has 0 saturated carbocycles. The topological polar surface area (TPSA) is 102 Å². The smallest absolute Gasteiger partial charge is 0.257 e. The summed E-state index contributed by atoms with van der Waals surface area (Å²) >= 11 is 0. The Bertz CT molecular complexity index is 927. The van der Waals surface area contributed by atoms with E-state index < -0.39 is 0 Å². The van der Waals surface area contributed by atoms with Crippen LogP contribution < -0.4 is 15.1 Å². The molecule has 0 radical (unpaired) electrons. The van der Waals surface area contributed by atoms with Crippen molar-refractivity contribution in [3.05, 3.63) is 47.7 Å². The zero-order chi connectivity index (χ0) is 20.9. The van der Waals surface area contributed by atoms with Crippen LogP contribution in [0.3, 0.4) is 0 Å². The van der Waals surface area contributed by atoms with E-state index in [0.29, 0.717) is 56.0 Å². The zero-order valence-corrected chi connectivity index (χ0v) is 16.8. The number of amides is 1. The molecule has 2 aliphatic rings. The van der Waals surface area contributed by atoms with Crippen LogP contribution in [0.1, 0.15) is 28.8 Å². The summed E-state index contributed by atoms with van der Waals surface area (Å²) in [5.74, 6) is 0.561. The maximum Gasteiger partial charge on any atom is 0.257 e. The molecule has 30 heavy (non-hydrogen) atoms. The van der Waals surface area contributed by atoms with Gasteiger partial charge in [-0.2, -0.15) is 5.26 Å². The van der Waals surface area contributed by atoms with Gasteiger partial charge in [-0.15, -0.1) is 0 Å². The number of ether oxygens (including phenoxy) is 1. The number of rotatable bonds is 4. The van der Waals surface area contributed by atoms with Gasteiger partial charge in [-0.05, 0) is 43.2 Å². The molecule has 0 spiro atoms. The molecular formula is C22H25N5O3. The molecule has 1 aromatic carbocycles. The molecule has 2 aromatic rings. The van der Waals surface area contributed by atoms with Crippen LogP contribution in [-0.4, -0.2) is 61.5 Å². The van der Waals surface area contributed by atoms with Crippen LogP contribution in [0.15, 0.2) is 36.5 Å². The minimum atomic E-state index is -0.270. The van der Waals surface area contributed by atoms with Crippen molar-refractivity contribution in [1.82, 2.24) is 4.98 Å². The molecule has 1 amide bonds. The maximum atomic E-state index is 12.6. The first-order chi connectivity index (χ1) is 14.6. The Hall–Kier alpha value is -3.15. The number of benzene rings is 1. The van der Waals surface area contributed by atoms with Crippen molar-refractivity contribution in [3.8, 4) is 6.07 Å². The second kappa shape index (κ2) is 9.11. The predicted octanol–water partition coefficient (Wildman–Crippen LogP) is 2.00. The summed E-state index contributed by atoms with van der Waals surface area (Å²) in [7, 11) is 0. The first-order valence-corrected chi connectivity index (χ1v) is 10.2. The van der Waals surface area contributed by atoms with Gasteiger partial charge >= 0.3 is 0 Å². The highest BCUT2D eigenvalue weighted by Gasteiger charge is 2.20. The quantitative estimate of drug-likeness (QED) is 0.799. The van der Waals surface area contributed by atoms with Crippen molar-refractivity contribution in [3.63, 3.8) is 0 Å². The Labute approximate surface area is 175 Å². The van der Waals surface area contributed by atoms with Crippen LogP contribution in [0, 0.1) is 11.3 Å². The summed E-state index contributed by atoms with van der Waals surface area (Å²) in [6, 6.07) is 11.2. The minimum Gasteiger partial charge on any atom is -0.393 e. The van der Waals surface area contributed by atoms with Crippen molar-refractivity contribution < 1.29 is 14.6 Å². The predicted molar refractivity (Wildman–Crippen MR) is 114 cm³/mol. The minimum absolute atomic E-state index is 0.270. The summed E-state index contributed by atoms with van der Waals surface area (Å²) in [6.07, 6.45) is 2.68. The van der Waals surface area contributed by atoms with Gasteiger partial charge in [0.05, 0.1) is 36.1 Å². The number of nitriles is 1. The fraction of sp³-hybridized carbons (Fsp3) is 0.409. The standard InChI is InChI=1S/C22H25N5O3/c23-14-17-13-18(2-3-20(17)26-7-5-19(28)6-8-26)25-22(29)16-1-4-21(24-15-16)27-9-11-30-12-10-27/h1-4,13,15,19,28H,5-12H2,(H,25,29). The molecule has 156 valence electrons. The van der Waals surface area contributed by atoms with Gasteiger partial charge in [0.25, 0.3) is 5.91 Å². The number of nitrogens with one attached hydrogen (secondary N) is 1. The van der Waals surface area contributed by atoms with Crippen molar-refractivity contribution >= 4 is 23.1 Å². The Kier molecular flexibility index (Phi) is 6.12. The third kappa shape index (κ3) is 4.53. The van der Waals surface area contributed by atoms with Crippen molar-refractivity contribution in [2.75, 3.05) is 54.5 Å². The Balaban J connectivity index is 1.43. The SMILES string of the molecule is N#Cc1cc(NC(=O)c2ccc(N3CCOCC3)nc2)ccc1N1CCC(O)CC1. The fourth-order valence-corrected chi connectivity index (χ4v) is 3.79. The highest BCUT2D eigenvalue weighted by Crippen LogP contribution is 2.27. The summed E-state index contributed by atoms with van der Waals surface area (Å²) in [5.41, 5.74) is 2.36. The first-order valence-electron chi connectivity index (χ1n) is 10.2. The molecule has 2 fully saturated rings. The average molecular weight is 407 g/mol. The van der Waals surface area contributed by atoms with Crippen LogP contribution in [0.5, 0.6) is 0 Å². The molecule has 0 aliphatic carbocycles. The van der Waals surface area contributed by atoms with E-state index in [2.05, 4.69) is 26.2 Å².